The number of hydrogen-bond donors (Lipinski definition) is 1. The highest BCUT2D eigenvalue weighted by Crippen LogP contribution is 2.21. The van der Waals surface area contributed by atoms with Gasteiger partial charge in [0.2, 0.25) is 0 Å². The van der Waals surface area contributed by atoms with Crippen molar-refractivity contribution in [2.24, 2.45) is 0 Å². The molecule has 0 saturated heterocycles. The number of esters is 1. The molecule has 2 aromatic carbocycles. The van der Waals surface area contributed by atoms with Crippen LogP contribution in [0.25, 0.3) is 0 Å². The summed E-state index contributed by atoms with van der Waals surface area (Å²) < 4.78 is 10.8. The monoisotopic (exact) mass is 348 g/mol. The van der Waals surface area contributed by atoms with E-state index in [1.165, 1.54) is 0 Å². The Morgan fingerprint density at radius 2 is 1.88 bits per heavy atom. The lowest BCUT2D eigenvalue weighted by molar-refractivity contribution is 0.0526. The molecule has 5 heteroatoms. The predicted octanol–water partition coefficient (Wildman–Crippen LogP) is 4.58. The van der Waals surface area contributed by atoms with E-state index in [1.54, 1.807) is 31.5 Å². The van der Waals surface area contributed by atoms with E-state index in [-0.39, 0.29) is 5.97 Å². The van der Waals surface area contributed by atoms with Gasteiger partial charge in [-0.1, -0.05) is 12.1 Å². The molecule has 0 aliphatic rings. The molecule has 0 aliphatic carbocycles. The second-order valence-corrected chi connectivity index (χ2v) is 5.60. The Bertz CT molecular complexity index is 849. The normalized spacial score (nSPS) is 10.2. The highest BCUT2D eigenvalue weighted by molar-refractivity contribution is 5.90. The maximum absolute atomic E-state index is 11.8. The molecule has 1 heterocycles. The first-order valence-electron chi connectivity index (χ1n) is 8.40. The van der Waals surface area contributed by atoms with Crippen LogP contribution in [-0.4, -0.2) is 17.6 Å². The zero-order chi connectivity index (χ0) is 18.2. The summed E-state index contributed by atoms with van der Waals surface area (Å²) in [6.07, 6.45) is 3.52. The fourth-order valence-corrected chi connectivity index (χ4v) is 2.39. The minimum absolute atomic E-state index is 0.324. The molecule has 5 nitrogen and oxygen atoms in total. The van der Waals surface area contributed by atoms with Crippen LogP contribution in [0.15, 0.2) is 73.1 Å². The van der Waals surface area contributed by atoms with Gasteiger partial charge in [-0.3, -0.25) is 4.98 Å². The van der Waals surface area contributed by atoms with Crippen LogP contribution in [-0.2, 0) is 11.3 Å². The summed E-state index contributed by atoms with van der Waals surface area (Å²) in [5.41, 5.74) is 3.26. The number of nitrogens with one attached hydrogen (secondary N) is 1. The van der Waals surface area contributed by atoms with E-state index in [2.05, 4.69) is 10.3 Å². The van der Waals surface area contributed by atoms with Crippen LogP contribution in [0.5, 0.6) is 5.75 Å². The molecule has 0 unspecified atom stereocenters. The van der Waals surface area contributed by atoms with E-state index in [9.17, 15) is 4.79 Å². The number of anilines is 2. The summed E-state index contributed by atoms with van der Waals surface area (Å²) in [6, 6.07) is 18.7. The molecule has 0 spiro atoms. The third kappa shape index (κ3) is 4.83. The number of hydrogen-bond acceptors (Lipinski definition) is 5. The first-order valence-corrected chi connectivity index (χ1v) is 8.40. The number of rotatable bonds is 7. The van der Waals surface area contributed by atoms with Gasteiger partial charge in [-0.15, -0.1) is 0 Å². The van der Waals surface area contributed by atoms with Crippen LogP contribution < -0.4 is 10.1 Å². The lowest BCUT2D eigenvalue weighted by Gasteiger charge is -2.10. The molecular weight excluding hydrogens is 328 g/mol. The molecule has 0 aliphatic heterocycles. The van der Waals surface area contributed by atoms with E-state index in [4.69, 9.17) is 9.47 Å². The molecule has 132 valence electrons. The number of aromatic nitrogens is 1. The second kappa shape index (κ2) is 8.67. The van der Waals surface area contributed by atoms with Crippen molar-refractivity contribution in [3.8, 4) is 5.75 Å². The average Bonchev–Trinajstić information content (AvgIpc) is 2.69. The number of nitrogens with zero attached hydrogens (tertiary/aromatic N) is 1. The molecule has 0 saturated carbocycles. The Hall–Kier alpha value is -3.34. The first-order chi connectivity index (χ1) is 12.7. The summed E-state index contributed by atoms with van der Waals surface area (Å²) in [4.78, 5) is 15.9. The van der Waals surface area contributed by atoms with Gasteiger partial charge in [0.1, 0.15) is 12.4 Å². The van der Waals surface area contributed by atoms with Gasteiger partial charge in [0.25, 0.3) is 0 Å². The van der Waals surface area contributed by atoms with Crippen molar-refractivity contribution >= 4 is 17.3 Å². The number of carbonyl (C=O) groups excluding carboxylic acids is 1. The third-order valence-corrected chi connectivity index (χ3v) is 3.64. The Kier molecular flexibility index (Phi) is 5.83. The molecule has 1 N–H and O–H groups in total. The maximum Gasteiger partial charge on any atom is 0.338 e. The van der Waals surface area contributed by atoms with Crippen molar-refractivity contribution < 1.29 is 14.3 Å². The lowest BCUT2D eigenvalue weighted by Crippen LogP contribution is -2.04. The van der Waals surface area contributed by atoms with Crippen LogP contribution in [0.3, 0.4) is 0 Å². The van der Waals surface area contributed by atoms with Crippen molar-refractivity contribution in [1.82, 2.24) is 4.98 Å². The third-order valence-electron chi connectivity index (χ3n) is 3.64. The Balaban J connectivity index is 1.60. The van der Waals surface area contributed by atoms with E-state index in [0.717, 1.165) is 22.7 Å². The SMILES string of the molecule is CCOC(=O)c1cccc(Nc2ccc(OCc3cccnc3)cc2)c1. The lowest BCUT2D eigenvalue weighted by atomic mass is 10.2. The molecule has 0 fully saturated rings. The largest absolute Gasteiger partial charge is 0.489 e. The van der Waals surface area contributed by atoms with E-state index in [1.807, 2.05) is 48.5 Å². The van der Waals surface area contributed by atoms with Crippen LogP contribution in [0.4, 0.5) is 11.4 Å². The molecule has 0 amide bonds. The Morgan fingerprint density at radius 3 is 2.62 bits per heavy atom. The number of carbonyl (C=O) groups is 1. The van der Waals surface area contributed by atoms with Crippen LogP contribution in [0.2, 0.25) is 0 Å². The Labute approximate surface area is 152 Å². The van der Waals surface area contributed by atoms with Gasteiger partial charge < -0.3 is 14.8 Å². The van der Waals surface area contributed by atoms with Crippen LogP contribution in [0, 0.1) is 0 Å². The number of pyridine rings is 1. The summed E-state index contributed by atoms with van der Waals surface area (Å²) in [7, 11) is 0. The van der Waals surface area contributed by atoms with Gasteiger partial charge in [0.15, 0.2) is 0 Å². The minimum atomic E-state index is -0.324. The Morgan fingerprint density at radius 1 is 1.04 bits per heavy atom. The summed E-state index contributed by atoms with van der Waals surface area (Å²) in [5, 5.41) is 3.27. The summed E-state index contributed by atoms with van der Waals surface area (Å²) in [5.74, 6) is 0.454. The second-order valence-electron chi connectivity index (χ2n) is 5.60. The molecule has 0 atom stereocenters. The molecule has 26 heavy (non-hydrogen) atoms. The molecule has 1 aromatic heterocycles. The van der Waals surface area contributed by atoms with Gasteiger partial charge >= 0.3 is 5.97 Å². The highest BCUT2D eigenvalue weighted by Gasteiger charge is 2.07. The standard InChI is InChI=1S/C21H20N2O3/c1-2-25-21(24)17-6-3-7-19(13-17)23-18-8-10-20(11-9-18)26-15-16-5-4-12-22-14-16/h3-14,23H,2,15H2,1H3. The number of benzene rings is 2. The van der Waals surface area contributed by atoms with Gasteiger partial charge in [0, 0.05) is 29.3 Å². The minimum Gasteiger partial charge on any atom is -0.489 e. The van der Waals surface area contributed by atoms with Crippen molar-refractivity contribution in [3.63, 3.8) is 0 Å². The predicted molar refractivity (Wildman–Crippen MR) is 101 cm³/mol. The fourth-order valence-electron chi connectivity index (χ4n) is 2.39. The molecule has 0 bridgehead atoms. The van der Waals surface area contributed by atoms with Gasteiger partial charge in [0.05, 0.1) is 12.2 Å². The van der Waals surface area contributed by atoms with Crippen LogP contribution in [0.1, 0.15) is 22.8 Å². The smallest absolute Gasteiger partial charge is 0.338 e. The quantitative estimate of drug-likeness (QED) is 0.633. The van der Waals surface area contributed by atoms with Crippen molar-refractivity contribution in [1.29, 1.82) is 0 Å². The highest BCUT2D eigenvalue weighted by atomic mass is 16.5. The van der Waals surface area contributed by atoms with Gasteiger partial charge in [-0.25, -0.2) is 4.79 Å². The van der Waals surface area contributed by atoms with Crippen LogP contribution >= 0.6 is 0 Å². The summed E-state index contributed by atoms with van der Waals surface area (Å²) >= 11 is 0. The number of ether oxygens (including phenoxy) is 2. The van der Waals surface area contributed by atoms with Gasteiger partial charge in [-0.05, 0) is 55.5 Å². The zero-order valence-electron chi connectivity index (χ0n) is 14.5. The maximum atomic E-state index is 11.8. The van der Waals surface area contributed by atoms with Crippen molar-refractivity contribution in [2.75, 3.05) is 11.9 Å². The van der Waals surface area contributed by atoms with E-state index in [0.29, 0.717) is 18.8 Å². The first kappa shape index (κ1) is 17.5. The van der Waals surface area contributed by atoms with Crippen molar-refractivity contribution in [3.05, 3.63) is 84.2 Å². The topological polar surface area (TPSA) is 60.5 Å². The zero-order valence-corrected chi connectivity index (χ0v) is 14.5. The molecule has 3 aromatic rings. The average molecular weight is 348 g/mol. The van der Waals surface area contributed by atoms with E-state index >= 15 is 0 Å². The fraction of sp³-hybridized carbons (Fsp3) is 0.143. The summed E-state index contributed by atoms with van der Waals surface area (Å²) in [6.45, 7) is 2.62. The molecule has 0 radical (unpaired) electrons. The van der Waals surface area contributed by atoms with E-state index < -0.39 is 0 Å². The molecule has 3 rings (SSSR count). The molecular formula is C21H20N2O3. The van der Waals surface area contributed by atoms with Gasteiger partial charge in [-0.2, -0.15) is 0 Å². The van der Waals surface area contributed by atoms with Crippen molar-refractivity contribution in [2.45, 2.75) is 13.5 Å².